The van der Waals surface area contributed by atoms with E-state index in [9.17, 15) is 0 Å². The summed E-state index contributed by atoms with van der Waals surface area (Å²) in [6, 6.07) is 6.61. The fourth-order valence-electron chi connectivity index (χ4n) is 3.05. The van der Waals surface area contributed by atoms with Crippen LogP contribution in [0, 0.1) is 12.8 Å². The highest BCUT2D eigenvalue weighted by atomic mass is 35.5. The summed E-state index contributed by atoms with van der Waals surface area (Å²) in [4.78, 5) is 2.40. The molecule has 1 nitrogen and oxygen atoms in total. The Morgan fingerprint density at radius 3 is 2.61 bits per heavy atom. The van der Waals surface area contributed by atoms with Crippen molar-refractivity contribution in [1.29, 1.82) is 0 Å². The highest BCUT2D eigenvalue weighted by molar-refractivity contribution is 6.17. The Kier molecular flexibility index (Phi) is 4.94. The maximum Gasteiger partial charge on any atom is 0.0494 e. The van der Waals surface area contributed by atoms with Gasteiger partial charge in [-0.1, -0.05) is 37.0 Å². The zero-order valence-corrected chi connectivity index (χ0v) is 12.3. The summed E-state index contributed by atoms with van der Waals surface area (Å²) in [6.45, 7) is 3.30. The summed E-state index contributed by atoms with van der Waals surface area (Å²) >= 11 is 6.06. The molecule has 0 radical (unpaired) electrons. The minimum absolute atomic E-state index is 0.603. The van der Waals surface area contributed by atoms with E-state index < -0.39 is 0 Å². The predicted octanol–water partition coefficient (Wildman–Crippen LogP) is 4.75. The number of halogens is 1. The maximum atomic E-state index is 6.06. The first kappa shape index (κ1) is 13.7. The van der Waals surface area contributed by atoms with Crippen LogP contribution in [0.5, 0.6) is 0 Å². The van der Waals surface area contributed by atoms with Gasteiger partial charge in [-0.15, -0.1) is 11.6 Å². The molecular weight excluding hydrogens is 242 g/mol. The number of hydrogen-bond acceptors (Lipinski definition) is 1. The van der Waals surface area contributed by atoms with Crippen molar-refractivity contribution in [2.45, 2.75) is 44.9 Å². The number of benzene rings is 1. The molecule has 1 aromatic rings. The molecule has 0 bridgehead atoms. The van der Waals surface area contributed by atoms with Crippen LogP contribution in [0.3, 0.4) is 0 Å². The van der Waals surface area contributed by atoms with E-state index in [4.69, 9.17) is 11.6 Å². The minimum atomic E-state index is 0.603. The fourth-order valence-corrected chi connectivity index (χ4v) is 3.26. The molecule has 0 heterocycles. The summed E-state index contributed by atoms with van der Waals surface area (Å²) in [5.41, 5.74) is 3.86. The summed E-state index contributed by atoms with van der Waals surface area (Å²) in [5.74, 6) is 1.47. The van der Waals surface area contributed by atoms with Crippen LogP contribution in [0.4, 0.5) is 5.69 Å². The van der Waals surface area contributed by atoms with Crippen LogP contribution in [-0.4, -0.2) is 13.6 Å². The molecule has 1 fully saturated rings. The number of anilines is 1. The van der Waals surface area contributed by atoms with Crippen LogP contribution in [0.15, 0.2) is 18.2 Å². The molecule has 2 rings (SSSR count). The van der Waals surface area contributed by atoms with Gasteiger partial charge in [-0.2, -0.15) is 0 Å². The largest absolute Gasteiger partial charge is 0.374 e. The normalized spacial score (nSPS) is 16.8. The van der Waals surface area contributed by atoms with Gasteiger partial charge in [0.25, 0.3) is 0 Å². The first-order valence-electron chi connectivity index (χ1n) is 7.07. The first-order valence-corrected chi connectivity index (χ1v) is 7.61. The van der Waals surface area contributed by atoms with Crippen molar-refractivity contribution in [3.63, 3.8) is 0 Å². The van der Waals surface area contributed by atoms with Crippen LogP contribution in [0.1, 0.15) is 43.2 Å². The molecule has 0 aliphatic heterocycles. The molecule has 0 N–H and O–H groups in total. The summed E-state index contributed by atoms with van der Waals surface area (Å²) in [6.07, 6.45) is 7.04. The molecule has 1 aliphatic rings. The summed E-state index contributed by atoms with van der Waals surface area (Å²) < 4.78 is 0. The van der Waals surface area contributed by atoms with Crippen LogP contribution in [0.25, 0.3) is 0 Å². The van der Waals surface area contributed by atoms with E-state index in [2.05, 4.69) is 37.1 Å². The molecule has 18 heavy (non-hydrogen) atoms. The lowest BCUT2D eigenvalue weighted by Crippen LogP contribution is -2.27. The Morgan fingerprint density at radius 2 is 1.94 bits per heavy atom. The number of rotatable bonds is 4. The molecular formula is C16H24ClN. The number of nitrogens with zero attached hydrogens (tertiary/aromatic N) is 1. The van der Waals surface area contributed by atoms with Crippen molar-refractivity contribution >= 4 is 17.3 Å². The smallest absolute Gasteiger partial charge is 0.0494 e. The van der Waals surface area contributed by atoms with Gasteiger partial charge in [0.2, 0.25) is 0 Å². The van der Waals surface area contributed by atoms with Crippen molar-refractivity contribution in [2.24, 2.45) is 5.92 Å². The van der Waals surface area contributed by atoms with Crippen molar-refractivity contribution in [3.05, 3.63) is 29.3 Å². The van der Waals surface area contributed by atoms with E-state index in [-0.39, 0.29) is 0 Å². The zero-order chi connectivity index (χ0) is 13.0. The molecule has 100 valence electrons. The molecule has 0 saturated heterocycles. The molecule has 1 aromatic carbocycles. The van der Waals surface area contributed by atoms with Crippen LogP contribution >= 0.6 is 11.6 Å². The van der Waals surface area contributed by atoms with E-state index in [1.54, 1.807) is 0 Å². The SMILES string of the molecule is Cc1ccc(N(C)CC2CCCCC2)c(CCl)c1. The highest BCUT2D eigenvalue weighted by Gasteiger charge is 2.16. The van der Waals surface area contributed by atoms with Gasteiger partial charge in [-0.05, 0) is 37.3 Å². The van der Waals surface area contributed by atoms with E-state index in [0.29, 0.717) is 5.88 Å². The van der Waals surface area contributed by atoms with Crippen LogP contribution in [-0.2, 0) is 5.88 Å². The van der Waals surface area contributed by atoms with Crippen molar-refractivity contribution in [1.82, 2.24) is 0 Å². The standard InChI is InChI=1S/C16H24ClN/c1-13-8-9-16(15(10-13)11-17)18(2)12-14-6-4-3-5-7-14/h8-10,14H,3-7,11-12H2,1-2H3. The third kappa shape index (κ3) is 3.41. The Morgan fingerprint density at radius 1 is 1.22 bits per heavy atom. The second-order valence-corrected chi connectivity index (χ2v) is 5.92. The number of hydrogen-bond donors (Lipinski definition) is 0. The van der Waals surface area contributed by atoms with Crippen LogP contribution < -0.4 is 4.90 Å². The average Bonchev–Trinajstić information content (AvgIpc) is 2.39. The van der Waals surface area contributed by atoms with E-state index in [0.717, 1.165) is 5.92 Å². The van der Waals surface area contributed by atoms with Gasteiger partial charge < -0.3 is 4.90 Å². The highest BCUT2D eigenvalue weighted by Crippen LogP contribution is 2.28. The quantitative estimate of drug-likeness (QED) is 0.710. The monoisotopic (exact) mass is 265 g/mol. The van der Waals surface area contributed by atoms with Gasteiger partial charge in [-0.3, -0.25) is 0 Å². The van der Waals surface area contributed by atoms with E-state index in [1.807, 2.05) is 0 Å². The average molecular weight is 266 g/mol. The lowest BCUT2D eigenvalue weighted by Gasteiger charge is -2.29. The summed E-state index contributed by atoms with van der Waals surface area (Å²) in [7, 11) is 2.20. The van der Waals surface area contributed by atoms with Crippen LogP contribution in [0.2, 0.25) is 0 Å². The van der Waals surface area contributed by atoms with Crippen molar-refractivity contribution in [2.75, 3.05) is 18.5 Å². The topological polar surface area (TPSA) is 3.24 Å². The lowest BCUT2D eigenvalue weighted by molar-refractivity contribution is 0.362. The molecule has 2 heteroatoms. The first-order chi connectivity index (χ1) is 8.70. The Balaban J connectivity index is 2.05. The van der Waals surface area contributed by atoms with Gasteiger partial charge in [0.15, 0.2) is 0 Å². The van der Waals surface area contributed by atoms with Gasteiger partial charge in [-0.25, -0.2) is 0 Å². The molecule has 0 unspecified atom stereocenters. The van der Waals surface area contributed by atoms with E-state index in [1.165, 1.54) is 55.5 Å². The zero-order valence-electron chi connectivity index (χ0n) is 11.6. The third-order valence-corrected chi connectivity index (χ3v) is 4.33. The van der Waals surface area contributed by atoms with E-state index >= 15 is 0 Å². The number of aryl methyl sites for hydroxylation is 1. The molecule has 0 spiro atoms. The Hall–Kier alpha value is -0.690. The van der Waals surface area contributed by atoms with Crippen molar-refractivity contribution in [3.8, 4) is 0 Å². The molecule has 0 aromatic heterocycles. The van der Waals surface area contributed by atoms with Gasteiger partial charge in [0.05, 0.1) is 0 Å². The molecule has 1 saturated carbocycles. The number of alkyl halides is 1. The van der Waals surface area contributed by atoms with Crippen molar-refractivity contribution < 1.29 is 0 Å². The predicted molar refractivity (Wildman–Crippen MR) is 80.6 cm³/mol. The lowest BCUT2D eigenvalue weighted by atomic mass is 9.89. The molecule has 1 aliphatic carbocycles. The summed E-state index contributed by atoms with van der Waals surface area (Å²) in [5, 5.41) is 0. The van der Waals surface area contributed by atoms with Gasteiger partial charge in [0, 0.05) is 25.2 Å². The minimum Gasteiger partial charge on any atom is -0.374 e. The molecule has 0 amide bonds. The van der Waals surface area contributed by atoms with Gasteiger partial charge in [0.1, 0.15) is 0 Å². The second kappa shape index (κ2) is 6.47. The fraction of sp³-hybridized carbons (Fsp3) is 0.625. The Bertz CT molecular complexity index is 383. The maximum absolute atomic E-state index is 6.06. The molecule has 0 atom stereocenters. The Labute approximate surface area is 116 Å². The second-order valence-electron chi connectivity index (χ2n) is 5.65. The third-order valence-electron chi connectivity index (χ3n) is 4.05. The van der Waals surface area contributed by atoms with Gasteiger partial charge >= 0.3 is 0 Å².